The number of aromatic nitrogens is 1. The third kappa shape index (κ3) is 1.73. The first kappa shape index (κ1) is 10.1. The van der Waals surface area contributed by atoms with Crippen molar-refractivity contribution in [2.24, 2.45) is 0 Å². The zero-order valence-electron chi connectivity index (χ0n) is 9.07. The van der Waals surface area contributed by atoms with Gasteiger partial charge in [-0.25, -0.2) is 0 Å². The van der Waals surface area contributed by atoms with Gasteiger partial charge in [0.05, 0.1) is 5.60 Å². The van der Waals surface area contributed by atoms with Gasteiger partial charge in [0, 0.05) is 17.8 Å². The first-order valence-corrected chi connectivity index (χ1v) is 5.21. The standard InChI is InChI=1S/C13H15NO/c1-3-13(2,15)12-6-4-5-10-9-14-8-7-11(10)12/h4-9,15H,3H2,1-2H3. The minimum atomic E-state index is -0.763. The first-order valence-electron chi connectivity index (χ1n) is 5.21. The fraction of sp³-hybridized carbons (Fsp3) is 0.308. The highest BCUT2D eigenvalue weighted by Gasteiger charge is 2.22. The van der Waals surface area contributed by atoms with Gasteiger partial charge >= 0.3 is 0 Å². The quantitative estimate of drug-likeness (QED) is 0.810. The summed E-state index contributed by atoms with van der Waals surface area (Å²) in [5.41, 5.74) is 0.214. The average molecular weight is 201 g/mol. The lowest BCUT2D eigenvalue weighted by Crippen LogP contribution is -2.19. The Morgan fingerprint density at radius 2 is 2.13 bits per heavy atom. The minimum absolute atomic E-state index is 0.703. The molecule has 1 unspecified atom stereocenters. The second-order valence-electron chi connectivity index (χ2n) is 4.03. The van der Waals surface area contributed by atoms with Crippen molar-refractivity contribution in [1.82, 2.24) is 4.98 Å². The molecule has 15 heavy (non-hydrogen) atoms. The van der Waals surface area contributed by atoms with Crippen LogP contribution in [0.25, 0.3) is 10.8 Å². The summed E-state index contributed by atoms with van der Waals surface area (Å²) in [6.45, 7) is 3.84. The predicted octanol–water partition coefficient (Wildman–Crippen LogP) is 2.85. The molecule has 0 aliphatic rings. The topological polar surface area (TPSA) is 33.1 Å². The number of hydrogen-bond acceptors (Lipinski definition) is 2. The number of nitrogens with zero attached hydrogens (tertiary/aromatic N) is 1. The monoisotopic (exact) mass is 201 g/mol. The van der Waals surface area contributed by atoms with Crippen molar-refractivity contribution in [1.29, 1.82) is 0 Å². The van der Waals surface area contributed by atoms with Gasteiger partial charge in [0.2, 0.25) is 0 Å². The molecular formula is C13H15NO. The molecule has 1 atom stereocenters. The number of aliphatic hydroxyl groups is 1. The fourth-order valence-electron chi connectivity index (χ4n) is 1.78. The summed E-state index contributed by atoms with van der Waals surface area (Å²) >= 11 is 0. The van der Waals surface area contributed by atoms with E-state index in [1.54, 1.807) is 6.20 Å². The molecule has 0 aliphatic heterocycles. The molecule has 0 amide bonds. The van der Waals surface area contributed by atoms with Crippen LogP contribution in [0.4, 0.5) is 0 Å². The molecule has 0 spiro atoms. The number of hydrogen-bond donors (Lipinski definition) is 1. The van der Waals surface area contributed by atoms with Gasteiger partial charge in [-0.3, -0.25) is 4.98 Å². The van der Waals surface area contributed by atoms with Crippen LogP contribution >= 0.6 is 0 Å². The molecule has 0 radical (unpaired) electrons. The van der Waals surface area contributed by atoms with E-state index in [1.807, 2.05) is 44.3 Å². The second kappa shape index (κ2) is 3.63. The zero-order chi connectivity index (χ0) is 10.9. The zero-order valence-corrected chi connectivity index (χ0v) is 9.07. The van der Waals surface area contributed by atoms with Crippen LogP contribution in [0.15, 0.2) is 36.7 Å². The van der Waals surface area contributed by atoms with Gasteiger partial charge in [0.1, 0.15) is 0 Å². The Bertz CT molecular complexity index is 471. The molecule has 2 aromatic rings. The summed E-state index contributed by atoms with van der Waals surface area (Å²) in [6, 6.07) is 7.90. The Morgan fingerprint density at radius 3 is 2.87 bits per heavy atom. The fourth-order valence-corrected chi connectivity index (χ4v) is 1.78. The Balaban J connectivity index is 2.71. The van der Waals surface area contributed by atoms with E-state index in [-0.39, 0.29) is 0 Å². The van der Waals surface area contributed by atoms with E-state index in [9.17, 15) is 5.11 Å². The van der Waals surface area contributed by atoms with Crippen molar-refractivity contribution in [2.75, 3.05) is 0 Å². The number of benzene rings is 1. The van der Waals surface area contributed by atoms with Gasteiger partial charge < -0.3 is 5.11 Å². The third-order valence-electron chi connectivity index (χ3n) is 2.95. The van der Waals surface area contributed by atoms with Gasteiger partial charge in [-0.1, -0.05) is 25.1 Å². The largest absolute Gasteiger partial charge is 0.385 e. The van der Waals surface area contributed by atoms with E-state index in [0.29, 0.717) is 6.42 Å². The normalized spacial score (nSPS) is 15.1. The molecule has 1 aromatic heterocycles. The summed E-state index contributed by atoms with van der Waals surface area (Å²) in [7, 11) is 0. The first-order chi connectivity index (χ1) is 7.15. The van der Waals surface area contributed by atoms with Gasteiger partial charge in [0.25, 0.3) is 0 Å². The molecular weight excluding hydrogens is 186 g/mol. The van der Waals surface area contributed by atoms with E-state index in [4.69, 9.17) is 0 Å². The van der Waals surface area contributed by atoms with Gasteiger partial charge in [-0.15, -0.1) is 0 Å². The van der Waals surface area contributed by atoms with E-state index in [2.05, 4.69) is 4.98 Å². The highest BCUT2D eigenvalue weighted by molar-refractivity contribution is 5.85. The highest BCUT2D eigenvalue weighted by Crippen LogP contribution is 2.30. The smallest absolute Gasteiger partial charge is 0.0871 e. The Morgan fingerprint density at radius 1 is 1.33 bits per heavy atom. The molecule has 2 rings (SSSR count). The number of fused-ring (bicyclic) bond motifs is 1. The summed E-state index contributed by atoms with van der Waals surface area (Å²) in [6.07, 6.45) is 4.29. The molecule has 0 saturated heterocycles. The lowest BCUT2D eigenvalue weighted by molar-refractivity contribution is 0.0546. The Kier molecular flexibility index (Phi) is 2.45. The van der Waals surface area contributed by atoms with Crippen LogP contribution in [0.5, 0.6) is 0 Å². The molecule has 1 heterocycles. The van der Waals surface area contributed by atoms with Crippen molar-refractivity contribution in [3.8, 4) is 0 Å². The Hall–Kier alpha value is -1.41. The lowest BCUT2D eigenvalue weighted by atomic mass is 9.89. The molecule has 2 heteroatoms. The van der Waals surface area contributed by atoms with Crippen LogP contribution in [0, 0.1) is 0 Å². The number of rotatable bonds is 2. The van der Waals surface area contributed by atoms with Crippen LogP contribution in [-0.4, -0.2) is 10.1 Å². The van der Waals surface area contributed by atoms with E-state index >= 15 is 0 Å². The second-order valence-corrected chi connectivity index (χ2v) is 4.03. The summed E-state index contributed by atoms with van der Waals surface area (Å²) < 4.78 is 0. The van der Waals surface area contributed by atoms with Crippen molar-refractivity contribution in [2.45, 2.75) is 25.9 Å². The molecule has 0 saturated carbocycles. The molecule has 0 bridgehead atoms. The maximum Gasteiger partial charge on any atom is 0.0871 e. The van der Waals surface area contributed by atoms with Crippen LogP contribution in [0.1, 0.15) is 25.8 Å². The van der Waals surface area contributed by atoms with Gasteiger partial charge in [-0.05, 0) is 30.4 Å². The maximum atomic E-state index is 10.3. The van der Waals surface area contributed by atoms with E-state index in [0.717, 1.165) is 16.3 Å². The van der Waals surface area contributed by atoms with Crippen LogP contribution < -0.4 is 0 Å². The molecule has 1 N–H and O–H groups in total. The third-order valence-corrected chi connectivity index (χ3v) is 2.95. The molecule has 1 aromatic carbocycles. The van der Waals surface area contributed by atoms with E-state index in [1.165, 1.54) is 0 Å². The van der Waals surface area contributed by atoms with Crippen molar-refractivity contribution in [3.05, 3.63) is 42.2 Å². The van der Waals surface area contributed by atoms with Crippen molar-refractivity contribution >= 4 is 10.8 Å². The molecule has 2 nitrogen and oxygen atoms in total. The highest BCUT2D eigenvalue weighted by atomic mass is 16.3. The van der Waals surface area contributed by atoms with Crippen LogP contribution in [0.3, 0.4) is 0 Å². The Labute approximate surface area is 89.6 Å². The number of pyridine rings is 1. The molecule has 0 fully saturated rings. The SMILES string of the molecule is CCC(C)(O)c1cccc2cnccc12. The minimum Gasteiger partial charge on any atom is -0.385 e. The van der Waals surface area contributed by atoms with Crippen molar-refractivity contribution in [3.63, 3.8) is 0 Å². The van der Waals surface area contributed by atoms with E-state index < -0.39 is 5.60 Å². The maximum absolute atomic E-state index is 10.3. The summed E-state index contributed by atoms with van der Waals surface area (Å²) in [4.78, 5) is 4.08. The molecule has 0 aliphatic carbocycles. The van der Waals surface area contributed by atoms with Gasteiger partial charge in [-0.2, -0.15) is 0 Å². The molecule has 78 valence electrons. The predicted molar refractivity (Wildman–Crippen MR) is 61.6 cm³/mol. The lowest BCUT2D eigenvalue weighted by Gasteiger charge is -2.23. The summed E-state index contributed by atoms with van der Waals surface area (Å²) in [5.74, 6) is 0. The van der Waals surface area contributed by atoms with Crippen LogP contribution in [-0.2, 0) is 5.60 Å². The van der Waals surface area contributed by atoms with Crippen molar-refractivity contribution < 1.29 is 5.11 Å². The van der Waals surface area contributed by atoms with Gasteiger partial charge in [0.15, 0.2) is 0 Å². The van der Waals surface area contributed by atoms with Crippen LogP contribution in [0.2, 0.25) is 0 Å². The summed E-state index contributed by atoms with van der Waals surface area (Å²) in [5, 5.41) is 12.4. The average Bonchev–Trinajstić information content (AvgIpc) is 2.28.